The van der Waals surface area contributed by atoms with Crippen LogP contribution in [0.1, 0.15) is 26.1 Å². The molecule has 2 aromatic heterocycles. The molecule has 2 rings (SSSR count). The van der Waals surface area contributed by atoms with E-state index in [1.165, 1.54) is 0 Å². The second-order valence-corrected chi connectivity index (χ2v) is 5.69. The van der Waals surface area contributed by atoms with E-state index in [0.29, 0.717) is 19.1 Å². The molecule has 0 fully saturated rings. The Hall–Kier alpha value is -2.15. The summed E-state index contributed by atoms with van der Waals surface area (Å²) < 4.78 is 7.53. The van der Waals surface area contributed by atoms with Gasteiger partial charge in [-0.2, -0.15) is 0 Å². The van der Waals surface area contributed by atoms with Crippen molar-refractivity contribution in [3.63, 3.8) is 0 Å². The third-order valence-electron chi connectivity index (χ3n) is 3.40. The summed E-state index contributed by atoms with van der Waals surface area (Å²) in [6, 6.07) is 5.83. The maximum atomic E-state index is 5.58. The van der Waals surface area contributed by atoms with Crippen LogP contribution in [0, 0.1) is 5.92 Å². The number of rotatable bonds is 8. The van der Waals surface area contributed by atoms with E-state index in [2.05, 4.69) is 39.7 Å². The van der Waals surface area contributed by atoms with Crippen molar-refractivity contribution < 1.29 is 4.74 Å². The van der Waals surface area contributed by atoms with E-state index >= 15 is 0 Å². The minimum absolute atomic E-state index is 0.555. The molecule has 0 aliphatic carbocycles. The zero-order valence-corrected chi connectivity index (χ0v) is 14.1. The van der Waals surface area contributed by atoms with E-state index in [9.17, 15) is 0 Å². The maximum absolute atomic E-state index is 5.58. The van der Waals surface area contributed by atoms with Crippen LogP contribution in [0.2, 0.25) is 0 Å². The summed E-state index contributed by atoms with van der Waals surface area (Å²) in [5, 5.41) is 14.8. The molecule has 2 heterocycles. The number of guanidine groups is 1. The first kappa shape index (κ1) is 17.2. The topological polar surface area (TPSA) is 75.8 Å². The predicted octanol–water partition coefficient (Wildman–Crippen LogP) is 1.46. The lowest BCUT2D eigenvalue weighted by atomic mass is 10.1. The number of pyridine rings is 1. The van der Waals surface area contributed by atoms with Gasteiger partial charge in [0.1, 0.15) is 0 Å². The van der Waals surface area contributed by atoms with Crippen molar-refractivity contribution in [2.75, 3.05) is 26.8 Å². The summed E-state index contributed by atoms with van der Waals surface area (Å²) in [5.74, 6) is 2.25. The highest BCUT2D eigenvalue weighted by molar-refractivity contribution is 5.79. The number of nitrogens with one attached hydrogen (secondary N) is 2. The molecule has 0 saturated carbocycles. The van der Waals surface area contributed by atoms with Crippen molar-refractivity contribution in [1.82, 2.24) is 25.2 Å². The monoisotopic (exact) mass is 318 g/mol. The summed E-state index contributed by atoms with van der Waals surface area (Å²) >= 11 is 0. The summed E-state index contributed by atoms with van der Waals surface area (Å²) in [5.41, 5.74) is 0.839. The van der Waals surface area contributed by atoms with Gasteiger partial charge in [-0.15, -0.1) is 10.2 Å². The van der Waals surface area contributed by atoms with E-state index in [4.69, 9.17) is 4.74 Å². The van der Waals surface area contributed by atoms with E-state index in [-0.39, 0.29) is 0 Å². The largest absolute Gasteiger partial charge is 0.380 e. The molecule has 0 aromatic carbocycles. The van der Waals surface area contributed by atoms with E-state index in [0.717, 1.165) is 37.0 Å². The molecule has 0 amide bonds. The van der Waals surface area contributed by atoms with Crippen LogP contribution in [0.5, 0.6) is 0 Å². The molecule has 23 heavy (non-hydrogen) atoms. The van der Waals surface area contributed by atoms with Gasteiger partial charge in [-0.05, 0) is 24.5 Å². The van der Waals surface area contributed by atoms with Gasteiger partial charge in [0.25, 0.3) is 0 Å². The summed E-state index contributed by atoms with van der Waals surface area (Å²) in [7, 11) is 1.75. The molecule has 0 bridgehead atoms. The SMILES string of the molecule is CN=C(NCCOCCC(C)C)NCc1nnc2ccccn12. The van der Waals surface area contributed by atoms with Gasteiger partial charge in [0.2, 0.25) is 0 Å². The number of aromatic nitrogens is 3. The smallest absolute Gasteiger partial charge is 0.191 e. The van der Waals surface area contributed by atoms with E-state index in [1.54, 1.807) is 7.05 Å². The zero-order valence-electron chi connectivity index (χ0n) is 14.1. The number of hydrogen-bond acceptors (Lipinski definition) is 4. The normalized spacial score (nSPS) is 12.1. The Morgan fingerprint density at radius 3 is 2.91 bits per heavy atom. The predicted molar refractivity (Wildman–Crippen MR) is 91.5 cm³/mol. The Labute approximate surface area is 137 Å². The van der Waals surface area contributed by atoms with Gasteiger partial charge in [0.05, 0.1) is 13.2 Å². The van der Waals surface area contributed by atoms with E-state index in [1.807, 2.05) is 28.8 Å². The van der Waals surface area contributed by atoms with Crippen LogP contribution < -0.4 is 10.6 Å². The van der Waals surface area contributed by atoms with Gasteiger partial charge in [-0.1, -0.05) is 19.9 Å². The van der Waals surface area contributed by atoms with Crippen LogP contribution in [0.4, 0.5) is 0 Å². The molecule has 0 atom stereocenters. The summed E-state index contributed by atoms with van der Waals surface area (Å²) in [6.45, 7) is 7.14. The molecule has 7 heteroatoms. The molecule has 0 saturated heterocycles. The Kier molecular flexibility index (Phi) is 6.80. The molecule has 7 nitrogen and oxygen atoms in total. The molecular formula is C16H26N6O. The highest BCUT2D eigenvalue weighted by Crippen LogP contribution is 2.02. The van der Waals surface area contributed by atoms with Crippen LogP contribution in [0.15, 0.2) is 29.4 Å². The van der Waals surface area contributed by atoms with Gasteiger partial charge in [-0.25, -0.2) is 0 Å². The first-order chi connectivity index (χ1) is 11.2. The lowest BCUT2D eigenvalue weighted by Crippen LogP contribution is -2.38. The van der Waals surface area contributed by atoms with Crippen molar-refractivity contribution in [3.05, 3.63) is 30.2 Å². The molecule has 0 aliphatic rings. The average molecular weight is 318 g/mol. The lowest BCUT2D eigenvalue weighted by Gasteiger charge is -2.12. The highest BCUT2D eigenvalue weighted by Gasteiger charge is 2.05. The Morgan fingerprint density at radius 1 is 1.26 bits per heavy atom. The fraction of sp³-hybridized carbons (Fsp3) is 0.562. The molecule has 2 aromatic rings. The third-order valence-corrected chi connectivity index (χ3v) is 3.40. The molecule has 0 aliphatic heterocycles. The minimum Gasteiger partial charge on any atom is -0.380 e. The number of fused-ring (bicyclic) bond motifs is 1. The van der Waals surface area contributed by atoms with Crippen LogP contribution in [-0.2, 0) is 11.3 Å². The van der Waals surface area contributed by atoms with Crippen molar-refractivity contribution in [3.8, 4) is 0 Å². The first-order valence-corrected chi connectivity index (χ1v) is 8.01. The molecular weight excluding hydrogens is 292 g/mol. The summed E-state index contributed by atoms with van der Waals surface area (Å²) in [4.78, 5) is 4.20. The van der Waals surface area contributed by atoms with Crippen molar-refractivity contribution in [2.24, 2.45) is 10.9 Å². The molecule has 2 N–H and O–H groups in total. The number of hydrogen-bond donors (Lipinski definition) is 2. The number of ether oxygens (including phenoxy) is 1. The van der Waals surface area contributed by atoms with Gasteiger partial charge in [0, 0.05) is 26.4 Å². The van der Waals surface area contributed by atoms with Gasteiger partial charge in [-0.3, -0.25) is 9.39 Å². The van der Waals surface area contributed by atoms with Crippen LogP contribution >= 0.6 is 0 Å². The van der Waals surface area contributed by atoms with E-state index < -0.39 is 0 Å². The highest BCUT2D eigenvalue weighted by atomic mass is 16.5. The molecule has 0 radical (unpaired) electrons. The van der Waals surface area contributed by atoms with Crippen LogP contribution in [-0.4, -0.2) is 47.4 Å². The first-order valence-electron chi connectivity index (χ1n) is 8.01. The maximum Gasteiger partial charge on any atom is 0.191 e. The zero-order chi connectivity index (χ0) is 16.5. The van der Waals surface area contributed by atoms with Crippen LogP contribution in [0.3, 0.4) is 0 Å². The third kappa shape index (κ3) is 5.52. The van der Waals surface area contributed by atoms with Gasteiger partial charge < -0.3 is 15.4 Å². The lowest BCUT2D eigenvalue weighted by molar-refractivity contribution is 0.128. The quantitative estimate of drug-likeness (QED) is 0.438. The second kappa shape index (κ2) is 9.09. The van der Waals surface area contributed by atoms with Crippen LogP contribution in [0.25, 0.3) is 5.65 Å². The van der Waals surface area contributed by atoms with Gasteiger partial charge in [0.15, 0.2) is 17.4 Å². The second-order valence-electron chi connectivity index (χ2n) is 5.69. The number of aliphatic imine (C=N–C) groups is 1. The fourth-order valence-corrected chi connectivity index (χ4v) is 2.06. The number of nitrogens with zero attached hydrogens (tertiary/aromatic N) is 4. The summed E-state index contributed by atoms with van der Waals surface area (Å²) in [6.07, 6.45) is 3.04. The molecule has 0 spiro atoms. The van der Waals surface area contributed by atoms with Crippen molar-refractivity contribution >= 4 is 11.6 Å². The average Bonchev–Trinajstić information content (AvgIpc) is 2.96. The molecule has 126 valence electrons. The standard InChI is InChI=1S/C16H26N6O/c1-13(2)7-10-23-11-8-18-16(17-3)19-12-15-21-20-14-6-4-5-9-22(14)15/h4-6,9,13H,7-8,10-12H2,1-3H3,(H2,17,18,19). The van der Waals surface area contributed by atoms with Crippen molar-refractivity contribution in [1.29, 1.82) is 0 Å². The van der Waals surface area contributed by atoms with Gasteiger partial charge >= 0.3 is 0 Å². The Balaban J connectivity index is 1.71. The minimum atomic E-state index is 0.555. The van der Waals surface area contributed by atoms with Crippen molar-refractivity contribution in [2.45, 2.75) is 26.8 Å². The fourth-order valence-electron chi connectivity index (χ4n) is 2.06. The molecule has 0 unspecified atom stereocenters. The Morgan fingerprint density at radius 2 is 2.13 bits per heavy atom. The Bertz CT molecular complexity index is 622.